The molecule has 2 aliphatic heterocycles. The van der Waals surface area contributed by atoms with Gasteiger partial charge in [0.05, 0.1) is 17.4 Å². The first kappa shape index (κ1) is 18.7. The highest BCUT2D eigenvalue weighted by Gasteiger charge is 2.25. The summed E-state index contributed by atoms with van der Waals surface area (Å²) >= 11 is 0. The van der Waals surface area contributed by atoms with Crippen molar-refractivity contribution in [2.24, 2.45) is 0 Å². The Kier molecular flexibility index (Phi) is 5.74. The molecule has 0 spiro atoms. The number of piperidine rings is 1. The van der Waals surface area contributed by atoms with Gasteiger partial charge in [0, 0.05) is 51.2 Å². The lowest BCUT2D eigenvalue weighted by atomic mass is 9.99. The maximum atomic E-state index is 13.1. The first-order chi connectivity index (χ1) is 13.8. The fourth-order valence-electron chi connectivity index (χ4n) is 4.33. The zero-order chi connectivity index (χ0) is 19.3. The average molecular weight is 380 g/mol. The van der Waals surface area contributed by atoms with E-state index in [0.29, 0.717) is 24.7 Å². The third kappa shape index (κ3) is 3.96. The van der Waals surface area contributed by atoms with Gasteiger partial charge in [-0.05, 0) is 43.9 Å². The highest BCUT2D eigenvalue weighted by molar-refractivity contribution is 5.95. The van der Waals surface area contributed by atoms with E-state index in [-0.39, 0.29) is 5.91 Å². The van der Waals surface area contributed by atoms with Crippen LogP contribution in [0.15, 0.2) is 42.9 Å². The number of hydrogen-bond donors (Lipinski definition) is 0. The smallest absolute Gasteiger partial charge is 0.255 e. The topological polar surface area (TPSA) is 52.6 Å². The molecule has 6 heteroatoms. The molecule has 4 heterocycles. The number of aromatic nitrogens is 2. The molecule has 0 saturated carbocycles. The van der Waals surface area contributed by atoms with Gasteiger partial charge in [-0.1, -0.05) is 13.0 Å². The van der Waals surface area contributed by atoms with Gasteiger partial charge in [-0.25, -0.2) is 4.98 Å². The molecule has 0 bridgehead atoms. The summed E-state index contributed by atoms with van der Waals surface area (Å²) < 4.78 is 0. The molecule has 1 atom stereocenters. The molecule has 2 aliphatic rings. The first-order valence-corrected chi connectivity index (χ1v) is 10.4. The van der Waals surface area contributed by atoms with Gasteiger partial charge in [-0.2, -0.15) is 0 Å². The van der Waals surface area contributed by atoms with Crippen LogP contribution in [-0.2, 0) is 0 Å². The van der Waals surface area contributed by atoms with E-state index in [9.17, 15) is 4.79 Å². The molecule has 0 aromatic carbocycles. The number of rotatable bonds is 4. The summed E-state index contributed by atoms with van der Waals surface area (Å²) in [6.45, 7) is 6.33. The van der Waals surface area contributed by atoms with Crippen LogP contribution < -0.4 is 9.80 Å². The van der Waals surface area contributed by atoms with Crippen molar-refractivity contribution < 1.29 is 4.79 Å². The normalized spacial score (nSPS) is 20.3. The minimum Gasteiger partial charge on any atom is -0.367 e. The van der Waals surface area contributed by atoms with E-state index < -0.39 is 0 Å². The molecule has 1 unspecified atom stereocenters. The lowest BCUT2D eigenvalue weighted by Crippen LogP contribution is -2.49. The number of anilines is 2. The van der Waals surface area contributed by atoms with Crippen molar-refractivity contribution >= 4 is 17.4 Å². The summed E-state index contributed by atoms with van der Waals surface area (Å²) in [5, 5.41) is 0. The van der Waals surface area contributed by atoms with Crippen LogP contribution in [0.4, 0.5) is 11.5 Å². The second-order valence-corrected chi connectivity index (χ2v) is 7.65. The van der Waals surface area contributed by atoms with Gasteiger partial charge >= 0.3 is 0 Å². The van der Waals surface area contributed by atoms with Gasteiger partial charge in [-0.3, -0.25) is 9.78 Å². The number of piperazine rings is 1. The van der Waals surface area contributed by atoms with Gasteiger partial charge in [0.2, 0.25) is 0 Å². The Bertz CT molecular complexity index is 789. The van der Waals surface area contributed by atoms with Crippen LogP contribution in [-0.4, -0.2) is 59.5 Å². The van der Waals surface area contributed by atoms with Crippen molar-refractivity contribution in [2.75, 3.05) is 42.5 Å². The highest BCUT2D eigenvalue weighted by Crippen LogP contribution is 2.27. The second-order valence-electron chi connectivity index (χ2n) is 7.65. The third-order valence-electron chi connectivity index (χ3n) is 5.94. The summed E-state index contributed by atoms with van der Waals surface area (Å²) in [5.74, 6) is 1.06. The Morgan fingerprint density at radius 3 is 2.71 bits per heavy atom. The second kappa shape index (κ2) is 8.59. The minimum absolute atomic E-state index is 0.0834. The maximum Gasteiger partial charge on any atom is 0.255 e. The molecule has 2 saturated heterocycles. The molecule has 2 aromatic heterocycles. The average Bonchev–Trinajstić information content (AvgIpc) is 2.79. The van der Waals surface area contributed by atoms with Crippen molar-refractivity contribution in [3.05, 3.63) is 48.4 Å². The van der Waals surface area contributed by atoms with Gasteiger partial charge in [0.25, 0.3) is 5.91 Å². The van der Waals surface area contributed by atoms with E-state index in [1.165, 1.54) is 19.3 Å². The molecule has 2 fully saturated rings. The monoisotopic (exact) mass is 379 g/mol. The van der Waals surface area contributed by atoms with Crippen LogP contribution in [0, 0.1) is 0 Å². The molecular formula is C22H29N5O. The molecule has 2 aromatic rings. The fraction of sp³-hybridized carbons (Fsp3) is 0.500. The van der Waals surface area contributed by atoms with Crippen LogP contribution in [0.2, 0.25) is 0 Å². The van der Waals surface area contributed by atoms with Crippen LogP contribution >= 0.6 is 0 Å². The predicted octanol–water partition coefficient (Wildman–Crippen LogP) is 3.21. The van der Waals surface area contributed by atoms with Crippen LogP contribution in [0.3, 0.4) is 0 Å². The van der Waals surface area contributed by atoms with Crippen LogP contribution in [0.25, 0.3) is 0 Å². The number of hydrogen-bond acceptors (Lipinski definition) is 5. The lowest BCUT2D eigenvalue weighted by Gasteiger charge is -2.37. The van der Waals surface area contributed by atoms with Gasteiger partial charge in [0.1, 0.15) is 5.82 Å². The number of amides is 1. The molecule has 28 heavy (non-hydrogen) atoms. The van der Waals surface area contributed by atoms with Crippen molar-refractivity contribution in [2.45, 2.75) is 38.6 Å². The Morgan fingerprint density at radius 1 is 1.11 bits per heavy atom. The van der Waals surface area contributed by atoms with Crippen LogP contribution in [0.1, 0.15) is 43.0 Å². The van der Waals surface area contributed by atoms with E-state index in [4.69, 9.17) is 0 Å². The van der Waals surface area contributed by atoms with E-state index in [2.05, 4.69) is 26.7 Å². The number of carbonyl (C=O) groups is 1. The van der Waals surface area contributed by atoms with Crippen molar-refractivity contribution in [1.29, 1.82) is 0 Å². The summed E-state index contributed by atoms with van der Waals surface area (Å²) in [4.78, 5) is 28.5. The molecule has 4 rings (SSSR count). The van der Waals surface area contributed by atoms with Crippen molar-refractivity contribution in [1.82, 2.24) is 14.9 Å². The Hall–Kier alpha value is -2.63. The van der Waals surface area contributed by atoms with Gasteiger partial charge in [0.15, 0.2) is 0 Å². The minimum atomic E-state index is 0.0834. The molecule has 0 aliphatic carbocycles. The van der Waals surface area contributed by atoms with E-state index >= 15 is 0 Å². The van der Waals surface area contributed by atoms with E-state index in [1.807, 2.05) is 41.6 Å². The Balaban J connectivity index is 1.43. The Labute approximate surface area is 167 Å². The first-order valence-electron chi connectivity index (χ1n) is 10.4. The van der Waals surface area contributed by atoms with E-state index in [0.717, 1.165) is 37.6 Å². The zero-order valence-electron chi connectivity index (χ0n) is 16.6. The number of pyridine rings is 2. The molecular weight excluding hydrogens is 350 g/mol. The summed E-state index contributed by atoms with van der Waals surface area (Å²) in [6.07, 6.45) is 10.3. The van der Waals surface area contributed by atoms with E-state index in [1.54, 1.807) is 6.20 Å². The summed E-state index contributed by atoms with van der Waals surface area (Å²) in [5.41, 5.74) is 1.79. The quantitative estimate of drug-likeness (QED) is 0.816. The zero-order valence-corrected chi connectivity index (χ0v) is 16.6. The van der Waals surface area contributed by atoms with Crippen molar-refractivity contribution in [3.63, 3.8) is 0 Å². The predicted molar refractivity (Wildman–Crippen MR) is 112 cm³/mol. The SMILES string of the molecule is CCC1CCCCN1c1cncc(C(=O)N2CCN(c3ccccn3)CC2)c1. The van der Waals surface area contributed by atoms with Crippen LogP contribution in [0.5, 0.6) is 0 Å². The molecule has 1 amide bonds. The highest BCUT2D eigenvalue weighted by atomic mass is 16.2. The molecule has 0 N–H and O–H groups in total. The number of carbonyl (C=O) groups excluding carboxylic acids is 1. The standard InChI is InChI=1S/C22H29N5O/c1-2-19-7-4-6-10-27(19)20-15-18(16-23-17-20)22(28)26-13-11-25(12-14-26)21-8-3-5-9-24-21/h3,5,8-9,15-17,19H,2,4,6-7,10-14H2,1H3. The Morgan fingerprint density at radius 2 is 1.96 bits per heavy atom. The maximum absolute atomic E-state index is 13.1. The summed E-state index contributed by atoms with van der Waals surface area (Å²) in [6, 6.07) is 8.54. The van der Waals surface area contributed by atoms with Gasteiger partial charge in [-0.15, -0.1) is 0 Å². The third-order valence-corrected chi connectivity index (χ3v) is 5.94. The molecule has 148 valence electrons. The van der Waals surface area contributed by atoms with Gasteiger partial charge < -0.3 is 14.7 Å². The van der Waals surface area contributed by atoms with Crippen molar-refractivity contribution in [3.8, 4) is 0 Å². The lowest BCUT2D eigenvalue weighted by molar-refractivity contribution is 0.0746. The fourth-order valence-corrected chi connectivity index (χ4v) is 4.33. The molecule has 6 nitrogen and oxygen atoms in total. The number of nitrogens with zero attached hydrogens (tertiary/aromatic N) is 5. The summed E-state index contributed by atoms with van der Waals surface area (Å²) in [7, 11) is 0. The molecule has 0 radical (unpaired) electrons. The largest absolute Gasteiger partial charge is 0.367 e.